The summed E-state index contributed by atoms with van der Waals surface area (Å²) in [5, 5.41) is 7.40. The van der Waals surface area contributed by atoms with Gasteiger partial charge >= 0.3 is 0 Å². The van der Waals surface area contributed by atoms with Gasteiger partial charge in [-0.15, -0.1) is 0 Å². The van der Waals surface area contributed by atoms with Gasteiger partial charge in [0.15, 0.2) is 0 Å². The summed E-state index contributed by atoms with van der Waals surface area (Å²) in [6.45, 7) is 8.79. The summed E-state index contributed by atoms with van der Waals surface area (Å²) in [5.41, 5.74) is 4.77. The molecule has 7 rings (SSSR count). The molecule has 3 aliphatic rings. The van der Waals surface area contributed by atoms with Gasteiger partial charge in [0.1, 0.15) is 18.0 Å². The van der Waals surface area contributed by atoms with Gasteiger partial charge in [-0.2, -0.15) is 4.98 Å². The molecule has 6 heterocycles. The lowest BCUT2D eigenvalue weighted by Gasteiger charge is -2.30. The number of nitrogens with one attached hydrogen (secondary N) is 2. The van der Waals surface area contributed by atoms with E-state index >= 15 is 0 Å². The number of aryl methyl sites for hydroxylation is 2. The highest BCUT2D eigenvalue weighted by Gasteiger charge is 2.25. The van der Waals surface area contributed by atoms with Crippen molar-refractivity contribution in [2.75, 3.05) is 62.7 Å². The van der Waals surface area contributed by atoms with Crippen molar-refractivity contribution in [2.24, 2.45) is 7.05 Å². The van der Waals surface area contributed by atoms with Crippen LogP contribution in [0.3, 0.4) is 0 Å². The molecule has 45 heavy (non-hydrogen) atoms. The van der Waals surface area contributed by atoms with Crippen molar-refractivity contribution in [3.63, 3.8) is 0 Å². The topological polar surface area (TPSA) is 122 Å². The fraction of sp³-hybridized carbons (Fsp3) is 0.485. The van der Waals surface area contributed by atoms with Crippen molar-refractivity contribution in [3.05, 3.63) is 58.3 Å². The molecule has 1 amide bonds. The quantitative estimate of drug-likeness (QED) is 0.325. The number of carbonyl (C=O) groups excluding carboxylic acids is 1. The predicted octanol–water partition coefficient (Wildman–Crippen LogP) is 3.17. The number of benzene rings is 1. The van der Waals surface area contributed by atoms with Gasteiger partial charge in [0.2, 0.25) is 11.9 Å². The lowest BCUT2D eigenvalue weighted by Crippen LogP contribution is -2.43. The van der Waals surface area contributed by atoms with Crippen LogP contribution in [0.4, 0.5) is 17.3 Å². The van der Waals surface area contributed by atoms with E-state index in [1.165, 1.54) is 10.3 Å². The van der Waals surface area contributed by atoms with Gasteiger partial charge in [-0.3, -0.25) is 14.2 Å². The molecule has 3 saturated heterocycles. The minimum absolute atomic E-state index is 0.0805. The molecule has 0 spiro atoms. The van der Waals surface area contributed by atoms with Crippen LogP contribution in [0.15, 0.2) is 41.5 Å². The number of nitrogens with zero attached hydrogens (tertiary/aromatic N) is 7. The minimum atomic E-state index is -0.289. The Labute approximate surface area is 262 Å². The molecule has 0 bridgehead atoms. The zero-order valence-corrected chi connectivity index (χ0v) is 26.1. The van der Waals surface area contributed by atoms with E-state index in [9.17, 15) is 9.59 Å². The lowest BCUT2D eigenvalue weighted by atomic mass is 9.97. The van der Waals surface area contributed by atoms with Crippen LogP contribution in [0, 0.1) is 6.92 Å². The minimum Gasteiger partial charge on any atom is -0.381 e. The van der Waals surface area contributed by atoms with Gasteiger partial charge in [-0.05, 0) is 62.4 Å². The van der Waals surface area contributed by atoms with Gasteiger partial charge in [0.05, 0.1) is 11.3 Å². The summed E-state index contributed by atoms with van der Waals surface area (Å²) < 4.78 is 8.95. The Balaban J connectivity index is 1.24. The van der Waals surface area contributed by atoms with Crippen molar-refractivity contribution in [1.82, 2.24) is 34.3 Å². The first-order valence-electron chi connectivity index (χ1n) is 16.1. The van der Waals surface area contributed by atoms with Crippen molar-refractivity contribution in [3.8, 4) is 11.4 Å². The first-order valence-corrected chi connectivity index (χ1v) is 16.1. The summed E-state index contributed by atoms with van der Waals surface area (Å²) in [7, 11) is 1.91. The normalized spacial score (nSPS) is 17.7. The molecular formula is C33H41N9O3. The number of pyridine rings is 1. The molecule has 3 fully saturated rings. The Kier molecular flexibility index (Phi) is 8.24. The fourth-order valence-electron chi connectivity index (χ4n) is 6.78. The first-order chi connectivity index (χ1) is 21.9. The second-order valence-corrected chi connectivity index (χ2v) is 12.4. The standard InChI is InChI=1S/C33H41N9O3/c1-22-17-25(5-6-28(22)40-13-9-34-10-14-40)36-33-35-19-24-18-26(31-37-27(20-39(31)2)23-7-15-45-16-8-23)32(44)42(30(24)38-33)21-29(43)41-11-3-4-12-41/h5-6,17-20,23,34H,3-4,7-16,21H2,1-2H3,(H,35,36,38). The van der Waals surface area contributed by atoms with Gasteiger partial charge < -0.3 is 29.7 Å². The van der Waals surface area contributed by atoms with Crippen LogP contribution in [0.1, 0.15) is 42.9 Å². The third kappa shape index (κ3) is 6.04. The number of ether oxygens (including phenoxy) is 1. The van der Waals surface area contributed by atoms with Crippen LogP contribution in [-0.2, 0) is 23.1 Å². The highest BCUT2D eigenvalue weighted by atomic mass is 16.5. The van der Waals surface area contributed by atoms with Gasteiger partial charge in [-0.1, -0.05) is 0 Å². The monoisotopic (exact) mass is 611 g/mol. The van der Waals surface area contributed by atoms with E-state index < -0.39 is 0 Å². The summed E-state index contributed by atoms with van der Waals surface area (Å²) in [6.07, 6.45) is 7.50. The van der Waals surface area contributed by atoms with Crippen LogP contribution < -0.4 is 21.1 Å². The molecule has 0 atom stereocenters. The van der Waals surface area contributed by atoms with E-state index in [1.807, 2.05) is 28.8 Å². The summed E-state index contributed by atoms with van der Waals surface area (Å²) >= 11 is 0. The second kappa shape index (κ2) is 12.6. The molecule has 0 saturated carbocycles. The molecule has 0 radical (unpaired) electrons. The zero-order chi connectivity index (χ0) is 30.9. The molecule has 2 N–H and O–H groups in total. The largest absolute Gasteiger partial charge is 0.381 e. The number of aromatic nitrogens is 5. The SMILES string of the molecule is Cc1cc(Nc2ncc3cc(-c4nc(C5CCOCC5)cn4C)c(=O)n(CC(=O)N4CCCC4)c3n2)ccc1N1CCNCC1. The van der Waals surface area contributed by atoms with Gasteiger partial charge in [-0.25, -0.2) is 9.97 Å². The van der Waals surface area contributed by atoms with Crippen molar-refractivity contribution in [1.29, 1.82) is 0 Å². The van der Waals surface area contributed by atoms with Gasteiger partial charge in [0, 0.05) is 94.6 Å². The molecule has 3 aliphatic heterocycles. The first kappa shape index (κ1) is 29.4. The maximum absolute atomic E-state index is 14.2. The third-order valence-electron chi connectivity index (χ3n) is 9.27. The van der Waals surface area contributed by atoms with Gasteiger partial charge in [0.25, 0.3) is 5.56 Å². The zero-order valence-electron chi connectivity index (χ0n) is 26.1. The molecule has 12 heteroatoms. The Morgan fingerprint density at radius 2 is 1.84 bits per heavy atom. The maximum atomic E-state index is 14.2. The highest BCUT2D eigenvalue weighted by Crippen LogP contribution is 2.29. The number of carbonyl (C=O) groups is 1. The fourth-order valence-corrected chi connectivity index (χ4v) is 6.78. The average Bonchev–Trinajstić information content (AvgIpc) is 3.74. The molecule has 0 aliphatic carbocycles. The Bertz CT molecular complexity index is 1760. The second-order valence-electron chi connectivity index (χ2n) is 12.4. The Morgan fingerprint density at radius 3 is 2.60 bits per heavy atom. The Morgan fingerprint density at radius 1 is 1.07 bits per heavy atom. The van der Waals surface area contributed by atoms with Crippen LogP contribution in [-0.4, -0.2) is 87.4 Å². The molecule has 3 aromatic heterocycles. The van der Waals surface area contributed by atoms with E-state index in [-0.39, 0.29) is 18.0 Å². The molecule has 12 nitrogen and oxygen atoms in total. The number of piperazine rings is 1. The predicted molar refractivity (Wildman–Crippen MR) is 174 cm³/mol. The van der Waals surface area contributed by atoms with Crippen molar-refractivity contribution in [2.45, 2.75) is 45.1 Å². The Hall–Kier alpha value is -4.29. The smallest absolute Gasteiger partial charge is 0.263 e. The molecule has 0 unspecified atom stereocenters. The van der Waals surface area contributed by atoms with E-state index in [0.717, 1.165) is 68.8 Å². The average molecular weight is 612 g/mol. The van der Waals surface area contributed by atoms with Crippen LogP contribution >= 0.6 is 0 Å². The number of likely N-dealkylation sites (tertiary alicyclic amines) is 1. The third-order valence-corrected chi connectivity index (χ3v) is 9.27. The van der Waals surface area contributed by atoms with E-state index in [2.05, 4.69) is 39.6 Å². The highest BCUT2D eigenvalue weighted by molar-refractivity contribution is 5.83. The number of imidazole rings is 1. The maximum Gasteiger partial charge on any atom is 0.263 e. The van der Waals surface area contributed by atoms with Crippen LogP contribution in [0.25, 0.3) is 22.4 Å². The number of fused-ring (bicyclic) bond motifs is 1. The molecule has 4 aromatic rings. The van der Waals surface area contributed by atoms with Crippen molar-refractivity contribution < 1.29 is 9.53 Å². The number of hydrogen-bond donors (Lipinski definition) is 2. The number of anilines is 3. The number of rotatable bonds is 7. The number of hydrogen-bond acceptors (Lipinski definition) is 9. The summed E-state index contributed by atoms with van der Waals surface area (Å²) in [5.74, 6) is 1.16. The lowest BCUT2D eigenvalue weighted by molar-refractivity contribution is -0.130. The van der Waals surface area contributed by atoms with Crippen LogP contribution in [0.5, 0.6) is 0 Å². The summed E-state index contributed by atoms with van der Waals surface area (Å²) in [6, 6.07) is 8.06. The van der Waals surface area contributed by atoms with E-state index in [4.69, 9.17) is 14.7 Å². The van der Waals surface area contributed by atoms with Crippen LogP contribution in [0.2, 0.25) is 0 Å². The molecule has 236 valence electrons. The van der Waals surface area contributed by atoms with E-state index in [0.29, 0.717) is 60.6 Å². The van der Waals surface area contributed by atoms with Crippen molar-refractivity contribution >= 4 is 34.3 Å². The van der Waals surface area contributed by atoms with E-state index in [1.54, 1.807) is 12.3 Å². The number of amides is 1. The summed E-state index contributed by atoms with van der Waals surface area (Å²) in [4.78, 5) is 46.1. The molecule has 1 aromatic carbocycles. The molecular weight excluding hydrogens is 570 g/mol.